The van der Waals surface area contributed by atoms with Crippen LogP contribution in [0.5, 0.6) is 0 Å². The van der Waals surface area contributed by atoms with Gasteiger partial charge in [-0.25, -0.2) is 29.5 Å². The van der Waals surface area contributed by atoms with Gasteiger partial charge in [-0.2, -0.15) is 0 Å². The molecule has 0 radical (unpaired) electrons. The maximum Gasteiger partial charge on any atom is 0.410 e. The van der Waals surface area contributed by atoms with E-state index in [1.54, 1.807) is 53.2 Å². The molecular weight excluding hydrogens is 948 g/mol. The molecule has 0 bridgehead atoms. The lowest BCUT2D eigenvalue weighted by atomic mass is 10.0. The normalized spacial score (nSPS) is 16.9. The van der Waals surface area contributed by atoms with E-state index in [0.29, 0.717) is 50.7 Å². The number of ether oxygens (including phenoxy) is 2. The van der Waals surface area contributed by atoms with Crippen molar-refractivity contribution in [3.8, 4) is 0 Å². The van der Waals surface area contributed by atoms with Crippen molar-refractivity contribution < 1.29 is 28.7 Å². The van der Waals surface area contributed by atoms with E-state index >= 15 is 0 Å². The highest BCUT2D eigenvalue weighted by Gasteiger charge is 2.25. The van der Waals surface area contributed by atoms with Crippen molar-refractivity contribution in [2.24, 2.45) is 0 Å². The number of amides is 4. The first kappa shape index (κ1) is 55.5. The average Bonchev–Trinajstić information content (AvgIpc) is 4.20. The number of pyridine rings is 1. The van der Waals surface area contributed by atoms with E-state index in [2.05, 4.69) is 53.4 Å². The Hall–Kier alpha value is -6.79. The summed E-state index contributed by atoms with van der Waals surface area (Å²) in [6.07, 6.45) is 34.7. The van der Waals surface area contributed by atoms with Crippen molar-refractivity contribution in [3.63, 3.8) is 0 Å². The van der Waals surface area contributed by atoms with Gasteiger partial charge in [0.15, 0.2) is 0 Å². The minimum Gasteiger partial charge on any atom is -0.444 e. The zero-order chi connectivity index (χ0) is 52.2. The van der Waals surface area contributed by atoms with E-state index in [1.807, 2.05) is 98.8 Å². The van der Waals surface area contributed by atoms with Crippen molar-refractivity contribution in [3.05, 3.63) is 132 Å². The maximum absolute atomic E-state index is 12.4. The number of nitrogens with one attached hydrogen (secondary N) is 2. The zero-order valence-corrected chi connectivity index (χ0v) is 44.1. The molecule has 0 saturated heterocycles. The number of carbonyl (C=O) groups is 4. The smallest absolute Gasteiger partial charge is 0.410 e. The van der Waals surface area contributed by atoms with Crippen LogP contribution >= 0.6 is 11.6 Å². The summed E-state index contributed by atoms with van der Waals surface area (Å²) in [5, 5.41) is 6.06. The van der Waals surface area contributed by atoms with Gasteiger partial charge in [-0.3, -0.25) is 9.59 Å². The largest absolute Gasteiger partial charge is 0.444 e. The molecule has 0 saturated carbocycles. The van der Waals surface area contributed by atoms with Crippen molar-refractivity contribution in [2.75, 3.05) is 63.6 Å². The monoisotopic (exact) mass is 1020 g/mol. The van der Waals surface area contributed by atoms with Gasteiger partial charge in [-0.15, -0.1) is 11.6 Å². The summed E-state index contributed by atoms with van der Waals surface area (Å²) in [6.45, 7) is 20.1. The van der Waals surface area contributed by atoms with Crippen LogP contribution in [0.25, 0.3) is 6.08 Å². The molecule has 392 valence electrons. The summed E-state index contributed by atoms with van der Waals surface area (Å²) < 4.78 is 16.8. The molecule has 0 aliphatic carbocycles. The number of alkyl halides is 1. The van der Waals surface area contributed by atoms with Crippen molar-refractivity contribution in [2.45, 2.75) is 111 Å². The first-order valence-corrected chi connectivity index (χ1v) is 25.6. The third-order valence-corrected chi connectivity index (χ3v) is 12.3. The van der Waals surface area contributed by atoms with Gasteiger partial charge in [-0.05, 0) is 103 Å². The van der Waals surface area contributed by atoms with Gasteiger partial charge in [0.05, 0.1) is 19.0 Å². The first-order valence-electron chi connectivity index (χ1n) is 25.1. The minimum atomic E-state index is -0.433. The zero-order valence-electron chi connectivity index (χ0n) is 43.3. The molecule has 5 aliphatic rings. The Morgan fingerprint density at radius 1 is 0.658 bits per heavy atom. The van der Waals surface area contributed by atoms with Crippen LogP contribution in [0.15, 0.2) is 121 Å². The predicted octanol–water partition coefficient (Wildman–Crippen LogP) is 8.08. The summed E-state index contributed by atoms with van der Waals surface area (Å²) in [6, 6.07) is 1.98. The summed E-state index contributed by atoms with van der Waals surface area (Å²) in [4.78, 5) is 69.0. The van der Waals surface area contributed by atoms with E-state index in [0.717, 1.165) is 82.6 Å². The molecule has 4 amide bonds. The minimum absolute atomic E-state index is 0.000897. The van der Waals surface area contributed by atoms with Gasteiger partial charge in [0, 0.05) is 127 Å². The van der Waals surface area contributed by atoms with Crippen LogP contribution in [0.1, 0.15) is 84.8 Å². The summed E-state index contributed by atoms with van der Waals surface area (Å²) in [7, 11) is 0. The third-order valence-electron chi connectivity index (χ3n) is 12.0. The third kappa shape index (κ3) is 19.6. The lowest BCUT2D eigenvalue weighted by Crippen LogP contribution is -2.39. The number of aromatic nitrogens is 7. The van der Waals surface area contributed by atoms with Gasteiger partial charge < -0.3 is 48.5 Å². The molecule has 0 aromatic carbocycles. The van der Waals surface area contributed by atoms with Crippen molar-refractivity contribution in [1.29, 1.82) is 0 Å². The van der Waals surface area contributed by atoms with E-state index in [1.165, 1.54) is 22.3 Å². The quantitative estimate of drug-likeness (QED) is 0.0938. The number of fused-ring (bicyclic) bond motifs is 1. The number of imidazole rings is 3. The summed E-state index contributed by atoms with van der Waals surface area (Å²) >= 11 is 5.71. The van der Waals surface area contributed by atoms with Crippen LogP contribution in [0.4, 0.5) is 15.4 Å². The fourth-order valence-electron chi connectivity index (χ4n) is 8.02. The fourth-order valence-corrected chi connectivity index (χ4v) is 8.27. The Morgan fingerprint density at radius 2 is 1.15 bits per heavy atom. The van der Waals surface area contributed by atoms with E-state index < -0.39 is 11.2 Å². The number of aryl methyl sites for hydroxylation is 1. The molecule has 0 atom stereocenters. The molecule has 18 nitrogen and oxygen atoms in total. The van der Waals surface area contributed by atoms with E-state index in [9.17, 15) is 19.2 Å². The van der Waals surface area contributed by atoms with Crippen LogP contribution in [0.3, 0.4) is 0 Å². The van der Waals surface area contributed by atoms with Gasteiger partial charge >= 0.3 is 12.2 Å². The number of hydrogen-bond acceptors (Lipinski definition) is 11. The van der Waals surface area contributed by atoms with Crippen LogP contribution in [-0.2, 0) is 45.1 Å². The van der Waals surface area contributed by atoms with Crippen molar-refractivity contribution >= 4 is 47.5 Å². The Bertz CT molecular complexity index is 2570. The summed E-state index contributed by atoms with van der Waals surface area (Å²) in [5.74, 6) is 1.18. The number of nitrogens with zero attached hydrogens (tertiary/aromatic N) is 10. The molecule has 4 aromatic rings. The topological polar surface area (TPSA) is 187 Å². The maximum atomic E-state index is 12.4. The molecule has 19 heteroatoms. The number of anilines is 1. The molecule has 73 heavy (non-hydrogen) atoms. The second kappa shape index (κ2) is 27.3. The number of rotatable bonds is 9. The molecule has 9 rings (SSSR count). The SMILES string of the molecule is C1=C(Cn2ccnc2)CCNC1.CC(C)(C)OC(=O)N1CC=C(CCl)CC1.CC(C)(C)OC(=O)N1CC=C(Cn2ccnc2)CC1.O=C1CCc2cc(/C=C/C(=O)N3CC=C(Cn4ccnc4)CC3)cnc2N1. The highest BCUT2D eigenvalue weighted by molar-refractivity contribution is 6.19. The predicted molar refractivity (Wildman–Crippen MR) is 283 cm³/mol. The molecule has 2 N–H and O–H groups in total. The molecule has 9 heterocycles. The molecule has 0 fully saturated rings. The Labute approximate surface area is 434 Å². The fraction of sp³-hybridized carbons (Fsp3) is 0.481. The Balaban J connectivity index is 0.000000167. The van der Waals surface area contributed by atoms with Gasteiger partial charge in [0.25, 0.3) is 0 Å². The van der Waals surface area contributed by atoms with Crippen LogP contribution < -0.4 is 10.6 Å². The van der Waals surface area contributed by atoms with Crippen molar-refractivity contribution in [1.82, 2.24) is 53.7 Å². The molecule has 0 unspecified atom stereocenters. The molecule has 5 aliphatic heterocycles. The Morgan fingerprint density at radius 3 is 1.58 bits per heavy atom. The van der Waals surface area contributed by atoms with E-state index in [-0.39, 0.29) is 24.0 Å². The second-order valence-corrected chi connectivity index (χ2v) is 20.6. The lowest BCUT2D eigenvalue weighted by Gasteiger charge is -2.29. The van der Waals surface area contributed by atoms with Crippen LogP contribution in [-0.4, -0.2) is 142 Å². The lowest BCUT2D eigenvalue weighted by molar-refractivity contribution is -0.125. The standard InChI is InChI=1S/C20H21N5O2.C14H21N3O2.C11H18ClNO2.C9H13N3/c26-18-3-2-17-11-16(12-22-20(17)23-18)1-4-19(27)25-8-5-15(6-9-25)13-24-10-7-21-14-24;1-14(2,3)19-13(18)17-7-4-12(5-8-17)10-16-9-6-15-11-16;1-11(2,3)15-10(14)13-6-4-9(8-12)5-7-13;1-3-10-4-2-9(1)7-12-6-5-11-8-12/h1,4-5,7,10-12,14H,2-3,6,8-9,13H2,(H,22,23,26);4,6,9,11H,5,7-8,10H2,1-3H3;4H,5-8H2,1-3H3;1,5-6,8,10H,2-4,7H2/b4-1+;;;. The van der Waals surface area contributed by atoms with Gasteiger partial charge in [-0.1, -0.05) is 46.6 Å². The number of hydrogen-bond donors (Lipinski definition) is 2. The average molecular weight is 1020 g/mol. The second-order valence-electron chi connectivity index (χ2n) is 20.3. The molecule has 0 spiro atoms. The first-order chi connectivity index (χ1) is 35.0. The van der Waals surface area contributed by atoms with E-state index in [4.69, 9.17) is 21.1 Å². The Kier molecular flexibility index (Phi) is 20.8. The highest BCUT2D eigenvalue weighted by atomic mass is 35.5. The molecular formula is C54H73ClN12O6. The van der Waals surface area contributed by atoms with Gasteiger partial charge in [0.2, 0.25) is 11.8 Å². The highest BCUT2D eigenvalue weighted by Crippen LogP contribution is 2.22. The summed E-state index contributed by atoms with van der Waals surface area (Å²) in [5.41, 5.74) is 6.38. The van der Waals surface area contributed by atoms with Gasteiger partial charge in [0.1, 0.15) is 17.0 Å². The van der Waals surface area contributed by atoms with Crippen LogP contribution in [0.2, 0.25) is 0 Å². The molecule has 4 aromatic heterocycles. The number of carbonyl (C=O) groups excluding carboxylic acids is 4. The van der Waals surface area contributed by atoms with Crippen LogP contribution in [0, 0.1) is 0 Å². The number of halogens is 1.